The van der Waals surface area contributed by atoms with E-state index in [-0.39, 0.29) is 0 Å². The second-order valence-corrected chi connectivity index (χ2v) is 5.73. The van der Waals surface area contributed by atoms with E-state index in [4.69, 9.17) is 14.2 Å². The molecule has 1 aromatic rings. The van der Waals surface area contributed by atoms with E-state index in [0.29, 0.717) is 0 Å². The molecule has 0 aliphatic carbocycles. The summed E-state index contributed by atoms with van der Waals surface area (Å²) in [7, 11) is -10.8. The molecule has 1 aromatic carbocycles. The molecule has 0 spiro atoms. The van der Waals surface area contributed by atoms with Gasteiger partial charge in [-0.25, -0.2) is 4.79 Å². The van der Waals surface area contributed by atoms with Gasteiger partial charge in [-0.15, -0.1) is 3.71 Å². The van der Waals surface area contributed by atoms with Gasteiger partial charge >= 0.3 is 26.6 Å². The average Bonchev–Trinajstić information content (AvgIpc) is 2.13. The van der Waals surface area contributed by atoms with E-state index in [9.17, 15) is 21.6 Å². The number of carboxylic acids is 1. The molecule has 1 rings (SSSR count). The summed E-state index contributed by atoms with van der Waals surface area (Å²) in [4.78, 5) is 10.8. The Hall–Kier alpha value is -1.69. The largest absolute Gasteiger partial charge is 0.478 e. The van der Waals surface area contributed by atoms with Crippen molar-refractivity contribution in [2.24, 2.45) is 0 Å². The van der Waals surface area contributed by atoms with Crippen LogP contribution in [0.5, 0.6) is 0 Å². The van der Waals surface area contributed by atoms with Gasteiger partial charge in [-0.1, -0.05) is 12.1 Å². The molecular formula is C7H7NO8S2. The Morgan fingerprint density at radius 2 is 1.44 bits per heavy atom. The second-order valence-electron chi connectivity index (χ2n) is 2.98. The number of benzene rings is 1. The molecule has 0 unspecified atom stereocenters. The van der Waals surface area contributed by atoms with Gasteiger partial charge in [0.2, 0.25) is 0 Å². The van der Waals surface area contributed by atoms with Crippen LogP contribution in [0.4, 0.5) is 5.69 Å². The number of hydrogen-bond donors (Lipinski definition) is 3. The van der Waals surface area contributed by atoms with Crippen LogP contribution in [-0.4, -0.2) is 37.0 Å². The number of carboxylic acid groups (broad SMARTS) is 1. The van der Waals surface area contributed by atoms with Crippen molar-refractivity contribution in [2.45, 2.75) is 0 Å². The zero-order chi connectivity index (χ0) is 14.1. The van der Waals surface area contributed by atoms with Crippen molar-refractivity contribution in [2.75, 3.05) is 3.71 Å². The lowest BCUT2D eigenvalue weighted by atomic mass is 10.2. The van der Waals surface area contributed by atoms with E-state index >= 15 is 0 Å². The number of nitrogens with zero attached hydrogens (tertiary/aromatic N) is 1. The summed E-state index contributed by atoms with van der Waals surface area (Å²) < 4.78 is 60.3. The Morgan fingerprint density at radius 1 is 1.00 bits per heavy atom. The van der Waals surface area contributed by atoms with E-state index in [1.165, 1.54) is 6.07 Å². The third-order valence-corrected chi connectivity index (χ3v) is 4.11. The van der Waals surface area contributed by atoms with Gasteiger partial charge in [0, 0.05) is 0 Å². The summed E-state index contributed by atoms with van der Waals surface area (Å²) in [5.74, 6) is -1.64. The topological polar surface area (TPSA) is 149 Å². The molecule has 0 radical (unpaired) electrons. The Morgan fingerprint density at radius 3 is 1.83 bits per heavy atom. The molecule has 9 nitrogen and oxygen atoms in total. The third kappa shape index (κ3) is 2.95. The zero-order valence-corrected chi connectivity index (χ0v) is 10.1. The number of rotatable bonds is 4. The van der Waals surface area contributed by atoms with Crippen molar-refractivity contribution in [3.8, 4) is 0 Å². The van der Waals surface area contributed by atoms with E-state index in [2.05, 4.69) is 0 Å². The van der Waals surface area contributed by atoms with Crippen molar-refractivity contribution < 1.29 is 35.8 Å². The number of aromatic carboxylic acids is 1. The first kappa shape index (κ1) is 14.4. The van der Waals surface area contributed by atoms with Crippen LogP contribution in [0.1, 0.15) is 10.4 Å². The smallest absolute Gasteiger partial charge is 0.375 e. The quantitative estimate of drug-likeness (QED) is 0.646. The molecule has 0 fully saturated rings. The van der Waals surface area contributed by atoms with Crippen LogP contribution >= 0.6 is 0 Å². The first-order valence-electron chi connectivity index (χ1n) is 4.13. The molecule has 11 heteroatoms. The molecule has 0 amide bonds. The van der Waals surface area contributed by atoms with Gasteiger partial charge < -0.3 is 5.11 Å². The van der Waals surface area contributed by atoms with E-state index in [1.807, 2.05) is 0 Å². The molecule has 0 bridgehead atoms. The summed E-state index contributed by atoms with van der Waals surface area (Å²) in [5, 5.41) is 8.77. The lowest BCUT2D eigenvalue weighted by Gasteiger charge is -2.18. The predicted octanol–water partition coefficient (Wildman–Crippen LogP) is -0.203. The molecular weight excluding hydrogens is 290 g/mol. The summed E-state index contributed by atoms with van der Waals surface area (Å²) >= 11 is 0. The highest BCUT2D eigenvalue weighted by molar-refractivity contribution is 8.05. The maximum atomic E-state index is 10.9. The van der Waals surface area contributed by atoms with Crippen LogP contribution in [0.2, 0.25) is 0 Å². The maximum Gasteiger partial charge on any atom is 0.375 e. The van der Waals surface area contributed by atoms with Crippen LogP contribution in [0, 0.1) is 0 Å². The normalized spacial score (nSPS) is 12.1. The fourth-order valence-electron chi connectivity index (χ4n) is 1.18. The van der Waals surface area contributed by atoms with Crippen LogP contribution in [0.25, 0.3) is 0 Å². The maximum absolute atomic E-state index is 10.9. The van der Waals surface area contributed by atoms with Gasteiger partial charge in [-0.3, -0.25) is 9.11 Å². The van der Waals surface area contributed by atoms with Gasteiger partial charge in [0.1, 0.15) is 0 Å². The van der Waals surface area contributed by atoms with E-state index < -0.39 is 41.5 Å². The predicted molar refractivity (Wildman–Crippen MR) is 59.0 cm³/mol. The van der Waals surface area contributed by atoms with E-state index in [1.54, 1.807) is 0 Å². The Bertz CT molecular complexity index is 645. The van der Waals surface area contributed by atoms with Gasteiger partial charge in [0.25, 0.3) is 0 Å². The highest BCUT2D eigenvalue weighted by Crippen LogP contribution is 2.25. The monoisotopic (exact) mass is 297 g/mol. The summed E-state index contributed by atoms with van der Waals surface area (Å²) in [6.45, 7) is 0. The summed E-state index contributed by atoms with van der Waals surface area (Å²) in [6, 6.07) is 4.04. The first-order valence-corrected chi connectivity index (χ1v) is 6.92. The Labute approximate surface area is 102 Å². The minimum Gasteiger partial charge on any atom is -0.478 e. The van der Waals surface area contributed by atoms with Crippen LogP contribution in [0.15, 0.2) is 24.3 Å². The fourth-order valence-corrected chi connectivity index (χ4v) is 2.95. The van der Waals surface area contributed by atoms with Crippen molar-refractivity contribution in [1.82, 2.24) is 0 Å². The highest BCUT2D eigenvalue weighted by Gasteiger charge is 2.34. The molecule has 0 aliphatic rings. The average molecular weight is 297 g/mol. The van der Waals surface area contributed by atoms with Crippen molar-refractivity contribution in [3.63, 3.8) is 0 Å². The van der Waals surface area contributed by atoms with Crippen LogP contribution in [0.3, 0.4) is 0 Å². The third-order valence-electron chi connectivity index (χ3n) is 1.75. The van der Waals surface area contributed by atoms with Gasteiger partial charge in [-0.2, -0.15) is 16.8 Å². The lowest BCUT2D eigenvalue weighted by molar-refractivity contribution is 0.0698. The minimum atomic E-state index is -5.40. The minimum absolute atomic E-state index is 0.729. The summed E-state index contributed by atoms with van der Waals surface area (Å²) in [5.41, 5.74) is -1.64. The second kappa shape index (κ2) is 4.53. The van der Waals surface area contributed by atoms with Crippen molar-refractivity contribution >= 4 is 32.3 Å². The number of anilines is 1. The molecule has 18 heavy (non-hydrogen) atoms. The standard InChI is InChI=1S/C7H7NO8S2/c9-7(10)5-3-1-2-4-6(5)8(17(11,12)13)18(14,15)16/h1-4H,(H,9,10)(H,11,12,13)(H,14,15,16). The van der Waals surface area contributed by atoms with E-state index in [0.717, 1.165) is 18.2 Å². The molecule has 3 N–H and O–H groups in total. The molecule has 100 valence electrons. The van der Waals surface area contributed by atoms with Gasteiger partial charge in [0.15, 0.2) is 0 Å². The number of carbonyl (C=O) groups is 1. The molecule has 0 atom stereocenters. The molecule has 0 aromatic heterocycles. The summed E-state index contributed by atoms with van der Waals surface area (Å²) in [6.07, 6.45) is 0. The van der Waals surface area contributed by atoms with Crippen LogP contribution in [-0.2, 0) is 20.6 Å². The zero-order valence-electron chi connectivity index (χ0n) is 8.46. The molecule has 0 saturated carbocycles. The fraction of sp³-hybridized carbons (Fsp3) is 0. The van der Waals surface area contributed by atoms with Gasteiger partial charge in [-0.05, 0) is 12.1 Å². The van der Waals surface area contributed by atoms with Gasteiger partial charge in [0.05, 0.1) is 11.3 Å². The van der Waals surface area contributed by atoms with Crippen LogP contribution < -0.4 is 3.71 Å². The number of hydrogen-bond acceptors (Lipinski definition) is 5. The molecule has 0 aliphatic heterocycles. The Kier molecular flexibility index (Phi) is 3.62. The first-order chi connectivity index (χ1) is 8.05. The lowest BCUT2D eigenvalue weighted by Crippen LogP contribution is -2.37. The van der Waals surface area contributed by atoms with Crippen molar-refractivity contribution in [3.05, 3.63) is 29.8 Å². The number of para-hydroxylation sites is 1. The Balaban J connectivity index is 3.66. The highest BCUT2D eigenvalue weighted by atomic mass is 32.3. The molecule has 0 heterocycles. The van der Waals surface area contributed by atoms with Crippen molar-refractivity contribution in [1.29, 1.82) is 0 Å². The molecule has 0 saturated heterocycles. The SMILES string of the molecule is O=C(O)c1ccccc1N(S(=O)(=O)O)S(=O)(=O)O.